The molecule has 0 aliphatic carbocycles. The highest BCUT2D eigenvalue weighted by Gasteiger charge is 2.27. The minimum absolute atomic E-state index is 0.0774. The van der Waals surface area contributed by atoms with Crippen molar-refractivity contribution in [3.8, 4) is 0 Å². The van der Waals surface area contributed by atoms with E-state index in [4.69, 9.17) is 19.1 Å². The molecular formula is C38H67O12P. The van der Waals surface area contributed by atoms with Crippen molar-refractivity contribution in [3.63, 3.8) is 0 Å². The molecule has 0 aromatic heterocycles. The van der Waals surface area contributed by atoms with Gasteiger partial charge in [-0.05, 0) is 44.4 Å². The van der Waals surface area contributed by atoms with E-state index in [0.29, 0.717) is 18.8 Å². The third kappa shape index (κ3) is 33.4. The number of carbonyl (C=O) groups is 2. The Bertz CT molecular complexity index is 1040. The average Bonchev–Trinajstić information content (AvgIpc) is 3.08. The maximum absolute atomic E-state index is 12.5. The van der Waals surface area contributed by atoms with E-state index in [1.165, 1.54) is 32.1 Å². The molecule has 0 amide bonds. The fraction of sp³-hybridized carbons (Fsp3) is 0.737. The highest BCUT2D eigenvalue weighted by Crippen LogP contribution is 2.43. The van der Waals surface area contributed by atoms with Crippen molar-refractivity contribution in [1.29, 1.82) is 0 Å². The number of phosphoric ester groups is 1. The van der Waals surface area contributed by atoms with Crippen molar-refractivity contribution in [1.82, 2.24) is 0 Å². The Balaban J connectivity index is 4.69. The number of hydrogen-bond donors (Lipinski definition) is 5. The molecule has 5 N–H and O–H groups in total. The molecule has 296 valence electrons. The van der Waals surface area contributed by atoms with Gasteiger partial charge in [-0.2, -0.15) is 0 Å². The molecule has 12 nitrogen and oxygen atoms in total. The second kappa shape index (κ2) is 32.5. The largest absolute Gasteiger partial charge is 0.472 e. The fourth-order valence-corrected chi connectivity index (χ4v) is 5.39. The summed E-state index contributed by atoms with van der Waals surface area (Å²) in [4.78, 5) is 34.7. The summed E-state index contributed by atoms with van der Waals surface area (Å²) in [5.41, 5.74) is 0. The summed E-state index contributed by atoms with van der Waals surface area (Å²) in [6.07, 6.45) is 23.2. The van der Waals surface area contributed by atoms with Crippen LogP contribution in [0.4, 0.5) is 0 Å². The third-order valence-corrected chi connectivity index (χ3v) is 8.56. The highest BCUT2D eigenvalue weighted by molar-refractivity contribution is 7.47. The zero-order chi connectivity index (χ0) is 38.2. The smallest absolute Gasteiger partial charge is 0.462 e. The predicted molar refractivity (Wildman–Crippen MR) is 199 cm³/mol. The molecule has 0 fully saturated rings. The van der Waals surface area contributed by atoms with Crippen LogP contribution in [0.2, 0.25) is 0 Å². The van der Waals surface area contributed by atoms with Gasteiger partial charge in [0.2, 0.25) is 0 Å². The van der Waals surface area contributed by atoms with Gasteiger partial charge < -0.3 is 34.8 Å². The van der Waals surface area contributed by atoms with Crippen molar-refractivity contribution >= 4 is 19.8 Å². The predicted octanol–water partition coefficient (Wildman–Crippen LogP) is 6.79. The minimum Gasteiger partial charge on any atom is -0.462 e. The molecule has 0 aliphatic rings. The Morgan fingerprint density at radius 1 is 0.706 bits per heavy atom. The van der Waals surface area contributed by atoms with E-state index in [2.05, 4.69) is 31.4 Å². The molecule has 0 bridgehead atoms. The van der Waals surface area contributed by atoms with Gasteiger partial charge in [-0.3, -0.25) is 18.6 Å². The zero-order valence-corrected chi connectivity index (χ0v) is 32.1. The quantitative estimate of drug-likeness (QED) is 0.0156. The molecule has 0 saturated heterocycles. The number of phosphoric acid groups is 1. The van der Waals surface area contributed by atoms with Crippen LogP contribution in [0.25, 0.3) is 0 Å². The van der Waals surface area contributed by atoms with E-state index < -0.39 is 70.6 Å². The van der Waals surface area contributed by atoms with Gasteiger partial charge in [0, 0.05) is 12.8 Å². The SMILES string of the molecule is CCCCC/C=C\C[C@H](O)/C=C/C=C/C=C\[C@H](O)CCCC(=O)O[C@H](COC(=O)CCCCCCCCC(C)C)COP(=O)(O)OC[C@@H](O)CO. The molecule has 0 heterocycles. The summed E-state index contributed by atoms with van der Waals surface area (Å²) >= 11 is 0. The Kier molecular flexibility index (Phi) is 31.1. The molecule has 13 heteroatoms. The maximum atomic E-state index is 12.5. The van der Waals surface area contributed by atoms with Crippen molar-refractivity contribution in [2.45, 2.75) is 148 Å². The summed E-state index contributed by atoms with van der Waals surface area (Å²) in [6, 6.07) is 0. The minimum atomic E-state index is -4.68. The molecule has 51 heavy (non-hydrogen) atoms. The van der Waals surface area contributed by atoms with Crippen LogP contribution in [0.5, 0.6) is 0 Å². The van der Waals surface area contributed by atoms with E-state index in [0.717, 1.165) is 32.1 Å². The lowest BCUT2D eigenvalue weighted by Gasteiger charge is -2.20. The lowest BCUT2D eigenvalue weighted by atomic mass is 10.0. The molecule has 0 spiro atoms. The number of allylic oxidation sites excluding steroid dienone is 5. The van der Waals surface area contributed by atoms with Crippen LogP contribution in [0.3, 0.4) is 0 Å². The second-order valence-corrected chi connectivity index (χ2v) is 14.6. The Morgan fingerprint density at radius 2 is 1.33 bits per heavy atom. The van der Waals surface area contributed by atoms with Gasteiger partial charge in [0.25, 0.3) is 0 Å². The standard InChI is InChI=1S/C38H67O12P/c1-4-5-6-7-11-16-22-33(40)23-17-13-14-18-24-34(41)25-20-27-38(44)50-36(31-49-51(45,46)48-29-35(42)28-39)30-47-37(43)26-19-12-9-8-10-15-21-32(2)3/h11,13-14,16-18,23-24,32-36,39-42H,4-10,12,15,19-22,25-31H2,1-3H3,(H,45,46)/b14-13+,16-11-,23-17+,24-18-/t33-,34-,35-,36+/m0/s1. The lowest BCUT2D eigenvalue weighted by Crippen LogP contribution is -2.30. The van der Waals surface area contributed by atoms with Crippen molar-refractivity contribution in [3.05, 3.63) is 48.6 Å². The van der Waals surface area contributed by atoms with E-state index >= 15 is 0 Å². The van der Waals surface area contributed by atoms with Crippen LogP contribution in [0.1, 0.15) is 124 Å². The number of unbranched alkanes of at least 4 members (excludes halogenated alkanes) is 8. The first-order chi connectivity index (χ1) is 24.4. The van der Waals surface area contributed by atoms with Crippen LogP contribution < -0.4 is 0 Å². The Labute approximate surface area is 306 Å². The van der Waals surface area contributed by atoms with Crippen molar-refractivity contribution in [2.24, 2.45) is 5.92 Å². The second-order valence-electron chi connectivity index (χ2n) is 13.1. The number of esters is 2. The number of hydrogen-bond acceptors (Lipinski definition) is 11. The van der Waals surface area contributed by atoms with Gasteiger partial charge in [0.15, 0.2) is 6.10 Å². The molecule has 0 radical (unpaired) electrons. The van der Waals surface area contributed by atoms with Crippen LogP contribution in [0, 0.1) is 5.92 Å². The van der Waals surface area contributed by atoms with E-state index in [1.807, 2.05) is 6.08 Å². The topological polar surface area (TPSA) is 189 Å². The molecular weight excluding hydrogens is 679 g/mol. The molecule has 0 saturated carbocycles. The molecule has 1 unspecified atom stereocenters. The number of aliphatic hydroxyl groups excluding tert-OH is 4. The van der Waals surface area contributed by atoms with Gasteiger partial charge in [-0.1, -0.05) is 121 Å². The lowest BCUT2D eigenvalue weighted by molar-refractivity contribution is -0.161. The first kappa shape index (κ1) is 48.9. The molecule has 0 aromatic carbocycles. The maximum Gasteiger partial charge on any atom is 0.472 e. The molecule has 0 aromatic rings. The molecule has 0 rings (SSSR count). The van der Waals surface area contributed by atoms with Gasteiger partial charge in [0.1, 0.15) is 12.7 Å². The summed E-state index contributed by atoms with van der Waals surface area (Å²) in [5, 5.41) is 38.5. The van der Waals surface area contributed by atoms with E-state index in [-0.39, 0.29) is 25.7 Å². The molecule has 5 atom stereocenters. The number of aliphatic hydroxyl groups is 4. The van der Waals surface area contributed by atoms with Crippen LogP contribution in [0.15, 0.2) is 48.6 Å². The third-order valence-electron chi connectivity index (χ3n) is 7.60. The number of carbonyl (C=O) groups excluding carboxylic acids is 2. The summed E-state index contributed by atoms with van der Waals surface area (Å²) in [7, 11) is -4.68. The monoisotopic (exact) mass is 746 g/mol. The zero-order valence-electron chi connectivity index (χ0n) is 31.2. The summed E-state index contributed by atoms with van der Waals surface area (Å²) < 4.78 is 32.3. The Hall–Kier alpha value is -2.15. The number of rotatable bonds is 33. The first-order valence-corrected chi connectivity index (χ1v) is 20.2. The van der Waals surface area contributed by atoms with Crippen LogP contribution >= 0.6 is 7.82 Å². The first-order valence-electron chi connectivity index (χ1n) is 18.7. The average molecular weight is 747 g/mol. The van der Waals surface area contributed by atoms with Crippen LogP contribution in [-0.4, -0.2) is 88.1 Å². The summed E-state index contributed by atoms with van der Waals surface area (Å²) in [5.74, 6) is -0.477. The highest BCUT2D eigenvalue weighted by atomic mass is 31.2. The van der Waals surface area contributed by atoms with Gasteiger partial charge >= 0.3 is 19.8 Å². The Morgan fingerprint density at radius 3 is 2.00 bits per heavy atom. The van der Waals surface area contributed by atoms with Crippen molar-refractivity contribution in [2.75, 3.05) is 26.4 Å². The van der Waals surface area contributed by atoms with Gasteiger partial charge in [-0.25, -0.2) is 4.57 Å². The van der Waals surface area contributed by atoms with E-state index in [9.17, 15) is 34.4 Å². The van der Waals surface area contributed by atoms with Crippen molar-refractivity contribution < 1.29 is 58.0 Å². The van der Waals surface area contributed by atoms with Crippen LogP contribution in [-0.2, 0) is 32.7 Å². The van der Waals surface area contributed by atoms with Gasteiger partial charge in [0.05, 0.1) is 32.0 Å². The van der Waals surface area contributed by atoms with Gasteiger partial charge in [-0.15, -0.1) is 0 Å². The summed E-state index contributed by atoms with van der Waals surface area (Å²) in [6.45, 7) is 4.20. The fourth-order valence-electron chi connectivity index (χ4n) is 4.60. The normalized spacial score (nSPS) is 15.9. The molecule has 0 aliphatic heterocycles. The van der Waals surface area contributed by atoms with E-state index in [1.54, 1.807) is 36.5 Å². The number of ether oxygens (including phenoxy) is 2.